The number of benzene rings is 2. The predicted molar refractivity (Wildman–Crippen MR) is 126 cm³/mol. The number of morpholine rings is 1. The highest BCUT2D eigenvalue weighted by molar-refractivity contribution is 7.89. The molecule has 1 fully saturated rings. The molecule has 32 heavy (non-hydrogen) atoms. The van der Waals surface area contributed by atoms with Crippen molar-refractivity contribution in [2.24, 2.45) is 12.0 Å². The number of hydrogen-bond acceptors (Lipinski definition) is 5. The summed E-state index contributed by atoms with van der Waals surface area (Å²) in [5.41, 5.74) is 2.18. The van der Waals surface area contributed by atoms with Gasteiger partial charge in [0.1, 0.15) is 0 Å². The van der Waals surface area contributed by atoms with Crippen molar-refractivity contribution in [3.63, 3.8) is 0 Å². The Bertz CT molecular complexity index is 1350. The van der Waals surface area contributed by atoms with Crippen molar-refractivity contribution in [1.82, 2.24) is 8.87 Å². The van der Waals surface area contributed by atoms with Crippen molar-refractivity contribution in [2.45, 2.75) is 37.9 Å². The van der Waals surface area contributed by atoms with Gasteiger partial charge in [0.15, 0.2) is 4.80 Å². The van der Waals surface area contributed by atoms with Crippen LogP contribution in [-0.2, 0) is 21.8 Å². The SMILES string of the molecule is Cc1c(Cl)ccc2sc(=NC(=O)c3ccc(S(=O)(=O)N4CC(C)OC(C)C4)cc3)n(C)c12. The Hall–Kier alpha value is -2.04. The standard InChI is InChI=1S/C22H24ClN3O4S2/c1-13-11-26(12-14(2)30-13)32(28,29)17-7-5-16(6-8-17)21(27)24-22-25(4)20-15(3)18(23)9-10-19(20)31-22/h5-10,13-14H,11-12H2,1-4H3. The van der Waals surface area contributed by atoms with E-state index in [1.54, 1.807) is 0 Å². The maximum atomic E-state index is 13.0. The van der Waals surface area contributed by atoms with Gasteiger partial charge in [0.05, 0.1) is 27.3 Å². The highest BCUT2D eigenvalue weighted by Crippen LogP contribution is 2.26. The minimum Gasteiger partial charge on any atom is -0.373 e. The van der Waals surface area contributed by atoms with Crippen molar-refractivity contribution in [3.8, 4) is 0 Å². The summed E-state index contributed by atoms with van der Waals surface area (Å²) in [6.07, 6.45) is -0.345. The lowest BCUT2D eigenvalue weighted by molar-refractivity contribution is -0.0440. The molecule has 10 heteroatoms. The zero-order chi connectivity index (χ0) is 23.2. The molecule has 2 unspecified atom stereocenters. The molecule has 0 aliphatic carbocycles. The highest BCUT2D eigenvalue weighted by Gasteiger charge is 2.32. The average Bonchev–Trinajstić information content (AvgIpc) is 3.06. The third-order valence-corrected chi connectivity index (χ3v) is 8.83. The highest BCUT2D eigenvalue weighted by atomic mass is 35.5. The second-order valence-corrected chi connectivity index (χ2v) is 11.3. The Morgan fingerprint density at radius 2 is 1.75 bits per heavy atom. The number of rotatable bonds is 3. The zero-order valence-corrected chi connectivity index (χ0v) is 20.6. The number of aromatic nitrogens is 1. The van der Waals surface area contributed by atoms with Crippen LogP contribution in [0.1, 0.15) is 29.8 Å². The first-order valence-corrected chi connectivity index (χ1v) is 12.8. The molecule has 2 heterocycles. The molecule has 1 saturated heterocycles. The molecule has 4 rings (SSSR count). The predicted octanol–water partition coefficient (Wildman–Crippen LogP) is 3.74. The van der Waals surface area contributed by atoms with Gasteiger partial charge < -0.3 is 9.30 Å². The minimum absolute atomic E-state index is 0.146. The number of ether oxygens (including phenoxy) is 1. The molecular weight excluding hydrogens is 470 g/mol. The summed E-state index contributed by atoms with van der Waals surface area (Å²) in [6, 6.07) is 9.65. The van der Waals surface area contributed by atoms with E-state index in [1.165, 1.54) is 39.9 Å². The summed E-state index contributed by atoms with van der Waals surface area (Å²) >= 11 is 7.63. The van der Waals surface area contributed by atoms with Crippen LogP contribution in [0.3, 0.4) is 0 Å². The fourth-order valence-electron chi connectivity index (χ4n) is 3.91. The second kappa shape index (κ2) is 8.72. The van der Waals surface area contributed by atoms with Crippen molar-refractivity contribution in [2.75, 3.05) is 13.1 Å². The van der Waals surface area contributed by atoms with Crippen LogP contribution < -0.4 is 4.80 Å². The lowest BCUT2D eigenvalue weighted by atomic mass is 10.2. The fourth-order valence-corrected chi connectivity index (χ4v) is 6.73. The second-order valence-electron chi connectivity index (χ2n) is 7.98. The quantitative estimate of drug-likeness (QED) is 0.556. The van der Waals surface area contributed by atoms with Crippen molar-refractivity contribution in [1.29, 1.82) is 0 Å². The lowest BCUT2D eigenvalue weighted by Crippen LogP contribution is -2.48. The summed E-state index contributed by atoms with van der Waals surface area (Å²) in [6.45, 7) is 6.23. The molecule has 1 amide bonds. The molecule has 1 aliphatic heterocycles. The fraction of sp³-hybridized carbons (Fsp3) is 0.364. The molecule has 2 atom stereocenters. The molecule has 170 valence electrons. The summed E-state index contributed by atoms with van der Waals surface area (Å²) in [5, 5.41) is 0.657. The van der Waals surface area contributed by atoms with E-state index in [2.05, 4.69) is 4.99 Å². The van der Waals surface area contributed by atoms with Crippen molar-refractivity contribution in [3.05, 3.63) is 57.3 Å². The van der Waals surface area contributed by atoms with Gasteiger partial charge in [0.2, 0.25) is 10.0 Å². The number of nitrogens with zero attached hydrogens (tertiary/aromatic N) is 3. The molecule has 0 saturated carbocycles. The van der Waals surface area contributed by atoms with Gasteiger partial charge in [-0.3, -0.25) is 4.79 Å². The number of aryl methyl sites for hydroxylation is 2. The van der Waals surface area contributed by atoms with E-state index >= 15 is 0 Å². The molecule has 1 aliphatic rings. The number of halogens is 1. The van der Waals surface area contributed by atoms with E-state index in [0.717, 1.165) is 15.8 Å². The molecule has 0 spiro atoms. The van der Waals surface area contributed by atoms with Gasteiger partial charge in [0.25, 0.3) is 5.91 Å². The van der Waals surface area contributed by atoms with Crippen LogP contribution in [0.2, 0.25) is 5.02 Å². The topological polar surface area (TPSA) is 81.0 Å². The molecule has 0 bridgehead atoms. The van der Waals surface area contributed by atoms with E-state index in [1.807, 2.05) is 44.5 Å². The van der Waals surface area contributed by atoms with Crippen LogP contribution in [0.25, 0.3) is 10.2 Å². The van der Waals surface area contributed by atoms with E-state index in [-0.39, 0.29) is 17.1 Å². The van der Waals surface area contributed by atoms with E-state index in [9.17, 15) is 13.2 Å². The molecule has 0 N–H and O–H groups in total. The van der Waals surface area contributed by atoms with Gasteiger partial charge >= 0.3 is 0 Å². The summed E-state index contributed by atoms with van der Waals surface area (Å²) in [7, 11) is -1.82. The van der Waals surface area contributed by atoms with Gasteiger partial charge in [0, 0.05) is 30.7 Å². The Kier molecular flexibility index (Phi) is 6.30. The molecule has 1 aromatic heterocycles. The normalized spacial score (nSPS) is 20.7. The first kappa shape index (κ1) is 23.1. The monoisotopic (exact) mass is 493 g/mol. The number of thiazole rings is 1. The van der Waals surface area contributed by atoms with E-state index < -0.39 is 15.9 Å². The Labute approximate surface area is 196 Å². The minimum atomic E-state index is -3.67. The first-order chi connectivity index (χ1) is 15.1. The van der Waals surface area contributed by atoms with E-state index in [0.29, 0.717) is 28.5 Å². The smallest absolute Gasteiger partial charge is 0.279 e. The van der Waals surface area contributed by atoms with Gasteiger partial charge in [-0.05, 0) is 62.7 Å². The first-order valence-electron chi connectivity index (χ1n) is 10.2. The summed E-state index contributed by atoms with van der Waals surface area (Å²) in [4.78, 5) is 17.7. The van der Waals surface area contributed by atoms with Gasteiger partial charge in [-0.25, -0.2) is 8.42 Å². The van der Waals surface area contributed by atoms with Crippen molar-refractivity contribution >= 4 is 49.1 Å². The molecular formula is C22H24ClN3O4S2. The molecule has 0 radical (unpaired) electrons. The molecule has 2 aromatic carbocycles. The lowest BCUT2D eigenvalue weighted by Gasteiger charge is -2.34. The molecule has 3 aromatic rings. The molecule has 7 nitrogen and oxygen atoms in total. The number of carbonyl (C=O) groups excluding carboxylic acids is 1. The average molecular weight is 494 g/mol. The van der Waals surface area contributed by atoms with Crippen LogP contribution in [0.4, 0.5) is 0 Å². The summed E-state index contributed by atoms with van der Waals surface area (Å²) < 4.78 is 35.9. The van der Waals surface area contributed by atoms with Crippen LogP contribution in [0.15, 0.2) is 46.3 Å². The number of fused-ring (bicyclic) bond motifs is 1. The maximum Gasteiger partial charge on any atom is 0.279 e. The van der Waals surface area contributed by atoms with Gasteiger partial charge in [-0.1, -0.05) is 22.9 Å². The van der Waals surface area contributed by atoms with Gasteiger partial charge in [-0.15, -0.1) is 0 Å². The van der Waals surface area contributed by atoms with Crippen LogP contribution in [0.5, 0.6) is 0 Å². The number of hydrogen-bond donors (Lipinski definition) is 0. The Morgan fingerprint density at radius 1 is 1.12 bits per heavy atom. The third-order valence-electron chi connectivity index (χ3n) is 5.47. The van der Waals surface area contributed by atoms with E-state index in [4.69, 9.17) is 16.3 Å². The Balaban J connectivity index is 1.62. The third kappa shape index (κ3) is 4.27. The zero-order valence-electron chi connectivity index (χ0n) is 18.2. The number of sulfonamides is 1. The maximum absolute atomic E-state index is 13.0. The van der Waals surface area contributed by atoms with Crippen molar-refractivity contribution < 1.29 is 17.9 Å². The largest absolute Gasteiger partial charge is 0.373 e. The number of amides is 1. The Morgan fingerprint density at radius 3 is 2.38 bits per heavy atom. The van der Waals surface area contributed by atoms with Crippen LogP contribution in [0, 0.1) is 6.92 Å². The number of carbonyl (C=O) groups is 1. The van der Waals surface area contributed by atoms with Gasteiger partial charge in [-0.2, -0.15) is 9.30 Å². The van der Waals surface area contributed by atoms with Crippen LogP contribution >= 0.6 is 22.9 Å². The summed E-state index contributed by atoms with van der Waals surface area (Å²) in [5.74, 6) is -0.437. The van der Waals surface area contributed by atoms with Crippen LogP contribution in [-0.4, -0.2) is 48.5 Å².